The molecule has 0 bridgehead atoms. The number of hydrogen-bond acceptors (Lipinski definition) is 5. The molecule has 0 aliphatic heterocycles. The lowest BCUT2D eigenvalue weighted by Gasteiger charge is -2.12. The zero-order valence-electron chi connectivity index (χ0n) is 16.5. The number of aromatic nitrogens is 2. The third-order valence-electron chi connectivity index (χ3n) is 4.39. The van der Waals surface area contributed by atoms with Crippen LogP contribution < -0.4 is 10.1 Å². The van der Waals surface area contributed by atoms with Crippen molar-refractivity contribution in [2.45, 2.75) is 12.8 Å². The molecular weight excluding hydrogens is 473 g/mol. The maximum absolute atomic E-state index is 12.5. The number of anilines is 1. The lowest BCUT2D eigenvalue weighted by molar-refractivity contribution is -0.116. The van der Waals surface area contributed by atoms with Gasteiger partial charge in [0, 0.05) is 29.6 Å². The Morgan fingerprint density at radius 3 is 2.53 bits per heavy atom. The normalized spacial score (nSPS) is 10.7. The molecule has 2 aromatic heterocycles. The minimum absolute atomic E-state index is 0.175. The fourth-order valence-electron chi connectivity index (χ4n) is 2.85. The van der Waals surface area contributed by atoms with Crippen molar-refractivity contribution in [3.63, 3.8) is 0 Å². The Hall–Kier alpha value is -3.06. The predicted molar refractivity (Wildman–Crippen MR) is 125 cm³/mol. The van der Waals surface area contributed by atoms with Gasteiger partial charge in [-0.15, -0.1) is 0 Å². The van der Waals surface area contributed by atoms with Crippen molar-refractivity contribution in [2.24, 2.45) is 0 Å². The number of pyridine rings is 1. The van der Waals surface area contributed by atoms with Crippen LogP contribution in [0.3, 0.4) is 0 Å². The molecule has 0 aliphatic carbocycles. The van der Waals surface area contributed by atoms with Gasteiger partial charge in [0.2, 0.25) is 11.8 Å². The van der Waals surface area contributed by atoms with Crippen LogP contribution in [0.5, 0.6) is 11.6 Å². The Morgan fingerprint density at radius 2 is 1.75 bits per heavy atom. The lowest BCUT2D eigenvalue weighted by Crippen LogP contribution is -2.13. The summed E-state index contributed by atoms with van der Waals surface area (Å²) in [6.45, 7) is 0. The average Bonchev–Trinajstić information content (AvgIpc) is 3.25. The molecule has 0 fully saturated rings. The van der Waals surface area contributed by atoms with E-state index in [0.29, 0.717) is 39.6 Å². The molecule has 0 aliphatic rings. The van der Waals surface area contributed by atoms with Gasteiger partial charge in [0.25, 0.3) is 0 Å². The van der Waals surface area contributed by atoms with E-state index >= 15 is 0 Å². The number of nitrogens with one attached hydrogen (secondary N) is 1. The first-order valence-electron chi connectivity index (χ1n) is 9.56. The number of halogens is 3. The molecule has 0 unspecified atom stereocenters. The highest BCUT2D eigenvalue weighted by Crippen LogP contribution is 2.33. The molecule has 2 aromatic carbocycles. The smallest absolute Gasteiger partial charge is 0.238 e. The number of carbonyl (C=O) groups excluding carboxylic acids is 1. The van der Waals surface area contributed by atoms with Crippen molar-refractivity contribution in [3.8, 4) is 23.0 Å². The van der Waals surface area contributed by atoms with Gasteiger partial charge in [0.15, 0.2) is 17.4 Å². The summed E-state index contributed by atoms with van der Waals surface area (Å²) in [7, 11) is 0. The topological polar surface area (TPSA) is 77.2 Å². The van der Waals surface area contributed by atoms with Crippen LogP contribution in [0, 0.1) is 0 Å². The number of oxazole rings is 1. The Bertz CT molecular complexity index is 1240. The highest BCUT2D eigenvalue weighted by atomic mass is 35.5. The van der Waals surface area contributed by atoms with Gasteiger partial charge < -0.3 is 14.5 Å². The molecule has 9 heteroatoms. The molecular formula is C23H16Cl3N3O3. The van der Waals surface area contributed by atoms with Crippen LogP contribution in [-0.2, 0) is 11.2 Å². The average molecular weight is 489 g/mol. The number of nitrogens with zero attached hydrogens (tertiary/aromatic N) is 2. The summed E-state index contributed by atoms with van der Waals surface area (Å²) >= 11 is 17.9. The molecule has 1 amide bonds. The highest BCUT2D eigenvalue weighted by molar-refractivity contribution is 6.35. The minimum atomic E-state index is -0.220. The van der Waals surface area contributed by atoms with Crippen LogP contribution >= 0.6 is 34.8 Å². The molecule has 0 atom stereocenters. The number of carbonyl (C=O) groups is 1. The zero-order chi connectivity index (χ0) is 22.5. The van der Waals surface area contributed by atoms with Crippen molar-refractivity contribution in [2.75, 3.05) is 5.32 Å². The second kappa shape index (κ2) is 10.0. The maximum Gasteiger partial charge on any atom is 0.238 e. The number of ether oxygens (including phenoxy) is 1. The number of benzene rings is 2. The molecule has 6 nitrogen and oxygen atoms in total. The number of amides is 1. The van der Waals surface area contributed by atoms with Gasteiger partial charge in [0.05, 0.1) is 16.9 Å². The summed E-state index contributed by atoms with van der Waals surface area (Å²) < 4.78 is 11.5. The first-order chi connectivity index (χ1) is 15.5. The molecule has 0 spiro atoms. The quantitative estimate of drug-likeness (QED) is 0.301. The van der Waals surface area contributed by atoms with Crippen molar-refractivity contribution in [1.82, 2.24) is 9.97 Å². The van der Waals surface area contributed by atoms with E-state index in [1.807, 2.05) is 12.1 Å². The van der Waals surface area contributed by atoms with Gasteiger partial charge >= 0.3 is 0 Å². The van der Waals surface area contributed by atoms with Crippen LogP contribution in [0.15, 0.2) is 71.4 Å². The van der Waals surface area contributed by atoms with Gasteiger partial charge in [-0.2, -0.15) is 0 Å². The van der Waals surface area contributed by atoms with Gasteiger partial charge in [0.1, 0.15) is 5.02 Å². The molecule has 162 valence electrons. The Morgan fingerprint density at radius 1 is 0.969 bits per heavy atom. The molecule has 0 saturated carbocycles. The van der Waals surface area contributed by atoms with Gasteiger partial charge in [-0.1, -0.05) is 46.9 Å². The molecule has 4 rings (SSSR count). The van der Waals surface area contributed by atoms with Crippen LogP contribution in [0.1, 0.15) is 12.3 Å². The second-order valence-corrected chi connectivity index (χ2v) is 7.99. The first-order valence-corrected chi connectivity index (χ1v) is 10.7. The van der Waals surface area contributed by atoms with E-state index in [9.17, 15) is 4.79 Å². The fourth-order valence-corrected chi connectivity index (χ4v) is 3.39. The Kier molecular flexibility index (Phi) is 6.95. The molecule has 4 aromatic rings. The van der Waals surface area contributed by atoms with E-state index in [-0.39, 0.29) is 23.2 Å². The molecule has 1 N–H and O–H groups in total. The standard InChI is InChI=1S/C23H16Cl3N3O3/c24-15-7-5-14(6-8-15)20-13-27-22(31-20)10-9-21(30)29-18-3-1-2-4-19(18)32-23-17(26)11-16(25)12-28-23/h1-8,11-13H,9-10H2,(H,29,30). The van der Waals surface area contributed by atoms with Gasteiger partial charge in [-0.3, -0.25) is 4.79 Å². The van der Waals surface area contributed by atoms with Crippen LogP contribution in [0.2, 0.25) is 15.1 Å². The highest BCUT2D eigenvalue weighted by Gasteiger charge is 2.13. The number of aryl methyl sites for hydroxylation is 1. The molecule has 0 radical (unpaired) electrons. The molecule has 2 heterocycles. The summed E-state index contributed by atoms with van der Waals surface area (Å²) in [4.78, 5) is 20.8. The predicted octanol–water partition coefficient (Wildman–Crippen LogP) is 7.06. The van der Waals surface area contributed by atoms with E-state index in [1.165, 1.54) is 12.3 Å². The van der Waals surface area contributed by atoms with E-state index in [4.69, 9.17) is 44.0 Å². The monoisotopic (exact) mass is 487 g/mol. The third-order valence-corrected chi connectivity index (χ3v) is 5.12. The minimum Gasteiger partial charge on any atom is -0.441 e. The molecule has 0 saturated heterocycles. The summed E-state index contributed by atoms with van der Waals surface area (Å²) in [5.74, 6) is 1.45. The zero-order valence-corrected chi connectivity index (χ0v) is 18.8. The first kappa shape index (κ1) is 22.1. The van der Waals surface area contributed by atoms with Crippen LogP contribution in [0.4, 0.5) is 5.69 Å². The fraction of sp³-hybridized carbons (Fsp3) is 0.0870. The number of rotatable bonds is 7. The second-order valence-electron chi connectivity index (χ2n) is 6.71. The van der Waals surface area contributed by atoms with E-state index < -0.39 is 0 Å². The summed E-state index contributed by atoms with van der Waals surface area (Å²) in [6.07, 6.45) is 3.57. The third kappa shape index (κ3) is 5.59. The number of para-hydroxylation sites is 2. The lowest BCUT2D eigenvalue weighted by atomic mass is 10.2. The largest absolute Gasteiger partial charge is 0.441 e. The van der Waals surface area contributed by atoms with Crippen LogP contribution in [0.25, 0.3) is 11.3 Å². The maximum atomic E-state index is 12.5. The summed E-state index contributed by atoms with van der Waals surface area (Å²) in [5, 5.41) is 4.13. The van der Waals surface area contributed by atoms with Crippen molar-refractivity contribution in [3.05, 3.63) is 87.9 Å². The SMILES string of the molecule is O=C(CCc1ncc(-c2ccc(Cl)cc2)o1)Nc1ccccc1Oc1ncc(Cl)cc1Cl. The van der Waals surface area contributed by atoms with E-state index in [1.54, 1.807) is 42.6 Å². The van der Waals surface area contributed by atoms with Crippen molar-refractivity contribution < 1.29 is 13.9 Å². The number of hydrogen-bond donors (Lipinski definition) is 1. The van der Waals surface area contributed by atoms with E-state index in [0.717, 1.165) is 5.56 Å². The van der Waals surface area contributed by atoms with Gasteiger partial charge in [-0.25, -0.2) is 9.97 Å². The van der Waals surface area contributed by atoms with Crippen molar-refractivity contribution in [1.29, 1.82) is 0 Å². The summed E-state index contributed by atoms with van der Waals surface area (Å²) in [5.41, 5.74) is 1.35. The van der Waals surface area contributed by atoms with E-state index in [2.05, 4.69) is 15.3 Å². The Balaban J connectivity index is 1.38. The Labute approximate surface area is 199 Å². The van der Waals surface area contributed by atoms with Gasteiger partial charge in [-0.05, 0) is 42.5 Å². The van der Waals surface area contributed by atoms with Crippen LogP contribution in [-0.4, -0.2) is 15.9 Å². The summed E-state index contributed by atoms with van der Waals surface area (Å²) in [6, 6.07) is 15.8. The van der Waals surface area contributed by atoms with Crippen molar-refractivity contribution >= 4 is 46.4 Å². The molecule has 32 heavy (non-hydrogen) atoms.